The van der Waals surface area contributed by atoms with E-state index in [1.807, 2.05) is 6.92 Å². The van der Waals surface area contributed by atoms with Crippen molar-refractivity contribution in [3.05, 3.63) is 22.3 Å². The number of nitrogens with two attached hydrogens (primary N) is 1. The van der Waals surface area contributed by atoms with Gasteiger partial charge in [0.1, 0.15) is 5.82 Å². The molecular weight excluding hydrogens is 312 g/mol. The first-order chi connectivity index (χ1) is 9.04. The molecule has 0 aliphatic heterocycles. The summed E-state index contributed by atoms with van der Waals surface area (Å²) in [6.45, 7) is 3.01. The Morgan fingerprint density at radius 1 is 1.47 bits per heavy atom. The SMILES string of the molecule is CCNc1ncc(Br)cc1C(=O)NCCCC(N)=O. The van der Waals surface area contributed by atoms with Gasteiger partial charge in [0.15, 0.2) is 0 Å². The number of nitrogens with zero attached hydrogens (tertiary/aromatic N) is 1. The van der Waals surface area contributed by atoms with Gasteiger partial charge in [0, 0.05) is 30.2 Å². The molecule has 1 heterocycles. The smallest absolute Gasteiger partial charge is 0.255 e. The predicted octanol–water partition coefficient (Wildman–Crippen LogP) is 1.27. The van der Waals surface area contributed by atoms with Crippen LogP contribution in [0.15, 0.2) is 16.7 Å². The quantitative estimate of drug-likeness (QED) is 0.656. The Labute approximate surface area is 120 Å². The third-order valence-electron chi connectivity index (χ3n) is 2.33. The summed E-state index contributed by atoms with van der Waals surface area (Å²) in [7, 11) is 0. The lowest BCUT2D eigenvalue weighted by Gasteiger charge is -2.10. The summed E-state index contributed by atoms with van der Waals surface area (Å²) in [5.41, 5.74) is 5.49. The molecule has 0 aliphatic rings. The number of rotatable bonds is 7. The summed E-state index contributed by atoms with van der Waals surface area (Å²) in [6.07, 6.45) is 2.41. The number of hydrogen-bond donors (Lipinski definition) is 3. The van der Waals surface area contributed by atoms with Gasteiger partial charge in [-0.15, -0.1) is 0 Å². The van der Waals surface area contributed by atoms with Crippen LogP contribution in [0.25, 0.3) is 0 Å². The van der Waals surface area contributed by atoms with Crippen LogP contribution in [0.5, 0.6) is 0 Å². The molecule has 1 aromatic heterocycles. The molecule has 0 aliphatic carbocycles. The molecule has 19 heavy (non-hydrogen) atoms. The van der Waals surface area contributed by atoms with Crippen LogP contribution in [0.1, 0.15) is 30.1 Å². The van der Waals surface area contributed by atoms with Crippen LogP contribution < -0.4 is 16.4 Å². The molecule has 0 spiro atoms. The lowest BCUT2D eigenvalue weighted by atomic mass is 10.2. The second-order valence-electron chi connectivity index (χ2n) is 3.91. The van der Waals surface area contributed by atoms with E-state index in [1.54, 1.807) is 12.3 Å². The van der Waals surface area contributed by atoms with E-state index in [-0.39, 0.29) is 18.2 Å². The summed E-state index contributed by atoms with van der Waals surface area (Å²) in [5, 5.41) is 5.76. The first-order valence-electron chi connectivity index (χ1n) is 6.00. The Morgan fingerprint density at radius 3 is 2.84 bits per heavy atom. The number of carbonyl (C=O) groups is 2. The fourth-order valence-corrected chi connectivity index (χ4v) is 1.81. The first-order valence-corrected chi connectivity index (χ1v) is 6.79. The molecule has 104 valence electrons. The Hall–Kier alpha value is -1.63. The lowest BCUT2D eigenvalue weighted by Crippen LogP contribution is -2.26. The van der Waals surface area contributed by atoms with Crippen molar-refractivity contribution in [2.75, 3.05) is 18.4 Å². The highest BCUT2D eigenvalue weighted by atomic mass is 79.9. The van der Waals surface area contributed by atoms with Gasteiger partial charge < -0.3 is 16.4 Å². The van der Waals surface area contributed by atoms with E-state index in [4.69, 9.17) is 5.73 Å². The second-order valence-corrected chi connectivity index (χ2v) is 4.82. The fourth-order valence-electron chi connectivity index (χ4n) is 1.48. The van der Waals surface area contributed by atoms with Crippen LogP contribution in [0.2, 0.25) is 0 Å². The van der Waals surface area contributed by atoms with Gasteiger partial charge >= 0.3 is 0 Å². The van der Waals surface area contributed by atoms with E-state index in [0.29, 0.717) is 30.9 Å². The van der Waals surface area contributed by atoms with Crippen molar-refractivity contribution < 1.29 is 9.59 Å². The highest BCUT2D eigenvalue weighted by Gasteiger charge is 2.12. The molecule has 0 saturated carbocycles. The van der Waals surface area contributed by atoms with Crippen molar-refractivity contribution >= 4 is 33.6 Å². The van der Waals surface area contributed by atoms with Crippen LogP contribution in [0.4, 0.5) is 5.82 Å². The molecule has 0 atom stereocenters. The minimum absolute atomic E-state index is 0.228. The van der Waals surface area contributed by atoms with E-state index in [2.05, 4.69) is 31.5 Å². The molecule has 4 N–H and O–H groups in total. The predicted molar refractivity (Wildman–Crippen MR) is 76.9 cm³/mol. The van der Waals surface area contributed by atoms with Crippen LogP contribution in [-0.2, 0) is 4.79 Å². The van der Waals surface area contributed by atoms with Crippen molar-refractivity contribution in [2.24, 2.45) is 5.73 Å². The molecule has 6 nitrogen and oxygen atoms in total. The number of carbonyl (C=O) groups excluding carboxylic acids is 2. The van der Waals surface area contributed by atoms with E-state index in [1.165, 1.54) is 0 Å². The third kappa shape index (κ3) is 5.25. The van der Waals surface area contributed by atoms with Crippen molar-refractivity contribution in [1.82, 2.24) is 10.3 Å². The number of halogens is 1. The molecule has 1 rings (SSSR count). The highest BCUT2D eigenvalue weighted by molar-refractivity contribution is 9.10. The van der Waals surface area contributed by atoms with Crippen molar-refractivity contribution in [3.8, 4) is 0 Å². The minimum Gasteiger partial charge on any atom is -0.370 e. The van der Waals surface area contributed by atoms with Gasteiger partial charge in [-0.2, -0.15) is 0 Å². The second kappa shape index (κ2) is 7.73. The summed E-state index contributed by atoms with van der Waals surface area (Å²) >= 11 is 3.29. The number of aromatic nitrogens is 1. The first kappa shape index (κ1) is 15.4. The fraction of sp³-hybridized carbons (Fsp3) is 0.417. The number of nitrogens with one attached hydrogen (secondary N) is 2. The highest BCUT2D eigenvalue weighted by Crippen LogP contribution is 2.17. The Balaban J connectivity index is 2.64. The standard InChI is InChI=1S/C12H17BrN4O2/c1-2-15-11-9(6-8(13)7-17-11)12(19)16-5-3-4-10(14)18/h6-7H,2-5H2,1H3,(H2,14,18)(H,15,17)(H,16,19). The Morgan fingerprint density at radius 2 is 2.21 bits per heavy atom. The van der Waals surface area contributed by atoms with E-state index < -0.39 is 0 Å². The molecule has 0 aromatic carbocycles. The van der Waals surface area contributed by atoms with Crippen molar-refractivity contribution in [1.29, 1.82) is 0 Å². The largest absolute Gasteiger partial charge is 0.370 e. The normalized spacial score (nSPS) is 10.0. The zero-order chi connectivity index (χ0) is 14.3. The van der Waals surface area contributed by atoms with Crippen molar-refractivity contribution in [2.45, 2.75) is 19.8 Å². The number of pyridine rings is 1. The van der Waals surface area contributed by atoms with Gasteiger partial charge in [-0.25, -0.2) is 4.98 Å². The zero-order valence-electron chi connectivity index (χ0n) is 10.7. The van der Waals surface area contributed by atoms with Crippen LogP contribution >= 0.6 is 15.9 Å². The van der Waals surface area contributed by atoms with Gasteiger partial charge in [0.25, 0.3) is 5.91 Å². The summed E-state index contributed by atoms with van der Waals surface area (Å²) in [5.74, 6) is -0.0565. The number of amides is 2. The average molecular weight is 329 g/mol. The average Bonchev–Trinajstić information content (AvgIpc) is 2.36. The topological polar surface area (TPSA) is 97.1 Å². The number of primary amides is 1. The van der Waals surface area contributed by atoms with Gasteiger partial charge in [0.05, 0.1) is 5.56 Å². The monoisotopic (exact) mass is 328 g/mol. The van der Waals surface area contributed by atoms with Crippen LogP contribution in [0.3, 0.4) is 0 Å². The molecular formula is C12H17BrN4O2. The van der Waals surface area contributed by atoms with Gasteiger partial charge in [0.2, 0.25) is 5.91 Å². The van der Waals surface area contributed by atoms with Crippen LogP contribution in [-0.4, -0.2) is 29.9 Å². The summed E-state index contributed by atoms with van der Waals surface area (Å²) in [4.78, 5) is 26.7. The third-order valence-corrected chi connectivity index (χ3v) is 2.76. The maximum Gasteiger partial charge on any atom is 0.255 e. The maximum atomic E-state index is 12.0. The minimum atomic E-state index is -0.369. The van der Waals surface area contributed by atoms with E-state index in [9.17, 15) is 9.59 Å². The van der Waals surface area contributed by atoms with Crippen molar-refractivity contribution in [3.63, 3.8) is 0 Å². The molecule has 7 heteroatoms. The Bertz CT molecular complexity index is 465. The van der Waals surface area contributed by atoms with Crippen LogP contribution in [0, 0.1) is 0 Å². The summed E-state index contributed by atoms with van der Waals surface area (Å²) < 4.78 is 0.733. The van der Waals surface area contributed by atoms with E-state index >= 15 is 0 Å². The van der Waals surface area contributed by atoms with Gasteiger partial charge in [-0.1, -0.05) is 0 Å². The molecule has 0 fully saturated rings. The molecule has 0 saturated heterocycles. The molecule has 1 aromatic rings. The number of anilines is 1. The van der Waals surface area contributed by atoms with E-state index in [0.717, 1.165) is 4.47 Å². The summed E-state index contributed by atoms with van der Waals surface area (Å²) in [6, 6.07) is 1.70. The van der Waals surface area contributed by atoms with Gasteiger partial charge in [-0.3, -0.25) is 9.59 Å². The number of hydrogen-bond acceptors (Lipinski definition) is 4. The molecule has 0 bridgehead atoms. The maximum absolute atomic E-state index is 12.0. The zero-order valence-corrected chi connectivity index (χ0v) is 12.3. The lowest BCUT2D eigenvalue weighted by molar-refractivity contribution is -0.118. The van der Waals surface area contributed by atoms with Gasteiger partial charge in [-0.05, 0) is 35.3 Å². The molecule has 2 amide bonds. The molecule has 0 unspecified atom stereocenters. The molecule has 0 radical (unpaired) electrons. The Kier molecular flexibility index (Phi) is 6.27.